The van der Waals surface area contributed by atoms with Gasteiger partial charge in [-0.3, -0.25) is 0 Å². The molecule has 3 rings (SSSR count). The van der Waals surface area contributed by atoms with Crippen LogP contribution in [-0.2, 0) is 11.3 Å². The molecule has 1 aromatic rings. The Hall–Kier alpha value is -1.55. The second-order valence-corrected chi connectivity index (χ2v) is 6.12. The molecular formula is C17H24N2O2. The Labute approximate surface area is 126 Å². The Morgan fingerprint density at radius 1 is 1.10 bits per heavy atom. The summed E-state index contributed by atoms with van der Waals surface area (Å²) in [6.45, 7) is 5.28. The van der Waals surface area contributed by atoms with Crippen LogP contribution in [0.4, 0.5) is 4.79 Å². The smallest absolute Gasteiger partial charge is 0.410 e. The molecule has 0 aromatic heterocycles. The summed E-state index contributed by atoms with van der Waals surface area (Å²) >= 11 is 0. The number of rotatable bonds is 4. The quantitative estimate of drug-likeness (QED) is 0.854. The fourth-order valence-electron chi connectivity index (χ4n) is 2.81. The Kier molecular flexibility index (Phi) is 4.76. The number of hydrogen-bond acceptors (Lipinski definition) is 3. The van der Waals surface area contributed by atoms with E-state index >= 15 is 0 Å². The summed E-state index contributed by atoms with van der Waals surface area (Å²) in [7, 11) is 0. The molecule has 4 nitrogen and oxygen atoms in total. The van der Waals surface area contributed by atoms with Gasteiger partial charge in [0.05, 0.1) is 0 Å². The van der Waals surface area contributed by atoms with E-state index in [4.69, 9.17) is 4.74 Å². The van der Waals surface area contributed by atoms with E-state index in [9.17, 15) is 4.79 Å². The maximum atomic E-state index is 12.2. The molecule has 0 spiro atoms. The van der Waals surface area contributed by atoms with Gasteiger partial charge in [0.15, 0.2) is 0 Å². The molecule has 1 heterocycles. The lowest BCUT2D eigenvalue weighted by atomic mass is 10.2. The van der Waals surface area contributed by atoms with Crippen molar-refractivity contribution in [1.29, 1.82) is 0 Å². The lowest BCUT2D eigenvalue weighted by Crippen LogP contribution is -2.36. The minimum atomic E-state index is -0.174. The molecule has 0 unspecified atom stereocenters. The second kappa shape index (κ2) is 6.94. The van der Waals surface area contributed by atoms with Crippen molar-refractivity contribution in [3.05, 3.63) is 35.9 Å². The molecule has 2 aliphatic rings. The van der Waals surface area contributed by atoms with Gasteiger partial charge in [0.2, 0.25) is 0 Å². The maximum absolute atomic E-state index is 12.2. The molecule has 1 aliphatic heterocycles. The van der Waals surface area contributed by atoms with Crippen LogP contribution in [0.1, 0.15) is 24.8 Å². The minimum absolute atomic E-state index is 0.174. The SMILES string of the molecule is O=C(OCc1ccccc1)N1CCCN(CC2CC2)CC1. The van der Waals surface area contributed by atoms with Crippen LogP contribution in [-0.4, -0.2) is 48.6 Å². The normalized spacial score (nSPS) is 20.1. The van der Waals surface area contributed by atoms with Crippen molar-refractivity contribution in [3.63, 3.8) is 0 Å². The third-order valence-electron chi connectivity index (χ3n) is 4.27. The van der Waals surface area contributed by atoms with Crippen molar-refractivity contribution in [1.82, 2.24) is 9.80 Å². The first-order chi connectivity index (χ1) is 10.3. The number of ether oxygens (including phenoxy) is 1. The van der Waals surface area contributed by atoms with Crippen molar-refractivity contribution < 1.29 is 9.53 Å². The van der Waals surface area contributed by atoms with Gasteiger partial charge in [-0.05, 0) is 37.3 Å². The van der Waals surface area contributed by atoms with Gasteiger partial charge in [0.1, 0.15) is 6.61 Å². The predicted molar refractivity (Wildman–Crippen MR) is 82.0 cm³/mol. The zero-order valence-electron chi connectivity index (χ0n) is 12.5. The molecule has 1 saturated carbocycles. The Balaban J connectivity index is 1.43. The highest BCUT2D eigenvalue weighted by molar-refractivity contribution is 5.67. The molecule has 1 aliphatic carbocycles. The van der Waals surface area contributed by atoms with E-state index in [-0.39, 0.29) is 6.09 Å². The molecule has 0 bridgehead atoms. The molecule has 4 heteroatoms. The first-order valence-electron chi connectivity index (χ1n) is 7.99. The zero-order chi connectivity index (χ0) is 14.5. The van der Waals surface area contributed by atoms with Gasteiger partial charge in [-0.25, -0.2) is 4.79 Å². The van der Waals surface area contributed by atoms with Gasteiger partial charge in [-0.15, -0.1) is 0 Å². The minimum Gasteiger partial charge on any atom is -0.445 e. The standard InChI is InChI=1S/C17H24N2O2/c20-17(21-14-16-5-2-1-3-6-16)19-10-4-9-18(11-12-19)13-15-7-8-15/h1-3,5-6,15H,4,7-14H2. The molecule has 114 valence electrons. The fourth-order valence-corrected chi connectivity index (χ4v) is 2.81. The van der Waals surface area contributed by atoms with Crippen LogP contribution in [0.5, 0.6) is 0 Å². The molecule has 1 amide bonds. The largest absolute Gasteiger partial charge is 0.445 e. The van der Waals surface area contributed by atoms with Crippen LogP contribution in [0.2, 0.25) is 0 Å². The average Bonchev–Trinajstić information content (AvgIpc) is 3.34. The van der Waals surface area contributed by atoms with Gasteiger partial charge in [0.25, 0.3) is 0 Å². The average molecular weight is 288 g/mol. The maximum Gasteiger partial charge on any atom is 0.410 e. The Morgan fingerprint density at radius 3 is 2.67 bits per heavy atom. The number of carbonyl (C=O) groups excluding carboxylic acids is 1. The summed E-state index contributed by atoms with van der Waals surface area (Å²) in [5.41, 5.74) is 1.04. The highest BCUT2D eigenvalue weighted by Gasteiger charge is 2.26. The van der Waals surface area contributed by atoms with Crippen LogP contribution in [0.15, 0.2) is 30.3 Å². The Bertz CT molecular complexity index is 459. The molecular weight excluding hydrogens is 264 g/mol. The van der Waals surface area contributed by atoms with Gasteiger partial charge >= 0.3 is 6.09 Å². The highest BCUT2D eigenvalue weighted by Crippen LogP contribution is 2.29. The fraction of sp³-hybridized carbons (Fsp3) is 0.588. The van der Waals surface area contributed by atoms with Crippen molar-refractivity contribution in [2.75, 3.05) is 32.7 Å². The van der Waals surface area contributed by atoms with Crippen molar-refractivity contribution in [2.24, 2.45) is 5.92 Å². The predicted octanol–water partition coefficient (Wildman–Crippen LogP) is 2.74. The van der Waals surface area contributed by atoms with Crippen molar-refractivity contribution >= 4 is 6.09 Å². The third kappa shape index (κ3) is 4.46. The summed E-state index contributed by atoms with van der Waals surface area (Å²) in [6, 6.07) is 9.85. The molecule has 1 saturated heterocycles. The topological polar surface area (TPSA) is 32.8 Å². The second-order valence-electron chi connectivity index (χ2n) is 6.12. The van der Waals surface area contributed by atoms with E-state index in [0.717, 1.165) is 44.1 Å². The van der Waals surface area contributed by atoms with Crippen LogP contribution in [0.25, 0.3) is 0 Å². The number of nitrogens with zero attached hydrogens (tertiary/aromatic N) is 2. The van der Waals surface area contributed by atoms with Gasteiger partial charge in [-0.1, -0.05) is 30.3 Å². The molecule has 21 heavy (non-hydrogen) atoms. The van der Waals surface area contributed by atoms with Crippen molar-refractivity contribution in [2.45, 2.75) is 25.9 Å². The van der Waals surface area contributed by atoms with Crippen LogP contribution < -0.4 is 0 Å². The highest BCUT2D eigenvalue weighted by atomic mass is 16.6. The first kappa shape index (κ1) is 14.4. The van der Waals surface area contributed by atoms with E-state index < -0.39 is 0 Å². The van der Waals surface area contributed by atoms with Gasteiger partial charge < -0.3 is 14.5 Å². The zero-order valence-corrected chi connectivity index (χ0v) is 12.5. The monoisotopic (exact) mass is 288 g/mol. The molecule has 1 aromatic carbocycles. The number of carbonyl (C=O) groups is 1. The van der Waals surface area contributed by atoms with E-state index in [0.29, 0.717) is 6.61 Å². The van der Waals surface area contributed by atoms with Gasteiger partial charge in [-0.2, -0.15) is 0 Å². The van der Waals surface area contributed by atoms with E-state index in [2.05, 4.69) is 4.90 Å². The van der Waals surface area contributed by atoms with E-state index in [1.165, 1.54) is 19.4 Å². The van der Waals surface area contributed by atoms with Crippen LogP contribution in [0, 0.1) is 5.92 Å². The number of amides is 1. The van der Waals surface area contributed by atoms with E-state index in [1.807, 2.05) is 35.2 Å². The van der Waals surface area contributed by atoms with Gasteiger partial charge in [0, 0.05) is 26.2 Å². The lowest BCUT2D eigenvalue weighted by Gasteiger charge is -2.21. The molecule has 0 atom stereocenters. The Morgan fingerprint density at radius 2 is 1.90 bits per heavy atom. The summed E-state index contributed by atoms with van der Waals surface area (Å²) in [6.07, 6.45) is 3.65. The number of benzene rings is 1. The summed E-state index contributed by atoms with van der Waals surface area (Å²) < 4.78 is 5.42. The molecule has 2 fully saturated rings. The lowest BCUT2D eigenvalue weighted by molar-refractivity contribution is 0.0972. The number of hydrogen-bond donors (Lipinski definition) is 0. The van der Waals surface area contributed by atoms with Crippen LogP contribution >= 0.6 is 0 Å². The molecule has 0 N–H and O–H groups in total. The van der Waals surface area contributed by atoms with Crippen LogP contribution in [0.3, 0.4) is 0 Å². The summed E-state index contributed by atoms with van der Waals surface area (Å²) in [5, 5.41) is 0. The molecule has 0 radical (unpaired) electrons. The van der Waals surface area contributed by atoms with E-state index in [1.54, 1.807) is 0 Å². The first-order valence-corrected chi connectivity index (χ1v) is 7.99. The summed E-state index contributed by atoms with van der Waals surface area (Å²) in [4.78, 5) is 16.5. The van der Waals surface area contributed by atoms with Crippen molar-refractivity contribution in [3.8, 4) is 0 Å². The summed E-state index contributed by atoms with van der Waals surface area (Å²) in [5.74, 6) is 0.918. The third-order valence-corrected chi connectivity index (χ3v) is 4.27.